The molecule has 110 valence electrons. The molecule has 2 aromatic rings. The van der Waals surface area contributed by atoms with Crippen molar-refractivity contribution in [2.75, 3.05) is 0 Å². The van der Waals surface area contributed by atoms with E-state index in [1.807, 2.05) is 10.8 Å². The summed E-state index contributed by atoms with van der Waals surface area (Å²) in [5.74, 6) is 0.122. The van der Waals surface area contributed by atoms with Gasteiger partial charge >= 0.3 is 0 Å². The average molecular weight is 283 g/mol. The van der Waals surface area contributed by atoms with Crippen LogP contribution < -0.4 is 10.6 Å². The van der Waals surface area contributed by atoms with E-state index >= 15 is 0 Å². The summed E-state index contributed by atoms with van der Waals surface area (Å²) in [6.07, 6.45) is 6.89. The highest BCUT2D eigenvalue weighted by Crippen LogP contribution is 2.22. The fraction of sp³-hybridized carbons (Fsp3) is 0.471. The molecule has 1 aromatic carbocycles. The Balaban J connectivity index is 1.50. The molecule has 1 heterocycles. The number of rotatable bonds is 6. The van der Waals surface area contributed by atoms with Gasteiger partial charge in [-0.3, -0.25) is 4.79 Å². The first-order chi connectivity index (χ1) is 10.3. The van der Waals surface area contributed by atoms with E-state index in [-0.39, 0.29) is 5.91 Å². The topological polar surface area (TPSA) is 46.1 Å². The molecule has 2 fully saturated rings. The quantitative estimate of drug-likeness (QED) is 0.853. The fourth-order valence-electron chi connectivity index (χ4n) is 2.68. The first-order valence-electron chi connectivity index (χ1n) is 7.88. The molecule has 1 aromatic heterocycles. The van der Waals surface area contributed by atoms with E-state index in [1.54, 1.807) is 0 Å². The number of nitrogens with zero attached hydrogens (tertiary/aromatic N) is 1. The number of carbonyl (C=O) groups is 1. The van der Waals surface area contributed by atoms with Gasteiger partial charge in [0, 0.05) is 30.3 Å². The fourth-order valence-corrected chi connectivity index (χ4v) is 2.68. The summed E-state index contributed by atoms with van der Waals surface area (Å²) in [4.78, 5) is 12.0. The van der Waals surface area contributed by atoms with Crippen molar-refractivity contribution < 1.29 is 4.79 Å². The first-order valence-corrected chi connectivity index (χ1v) is 7.88. The van der Waals surface area contributed by atoms with Crippen LogP contribution >= 0.6 is 0 Å². The summed E-state index contributed by atoms with van der Waals surface area (Å²) in [5, 5.41) is 7.78. The minimum absolute atomic E-state index is 0.122. The molecule has 2 saturated carbocycles. The monoisotopic (exact) mass is 283 g/mol. The largest absolute Gasteiger partial charge is 0.352 e. The van der Waals surface area contributed by atoms with Crippen molar-refractivity contribution in [2.24, 2.45) is 0 Å². The van der Waals surface area contributed by atoms with Gasteiger partial charge in [0.25, 0.3) is 0 Å². The molecular formula is C17H21N3O. The van der Waals surface area contributed by atoms with E-state index in [0.29, 0.717) is 12.6 Å². The van der Waals surface area contributed by atoms with Crippen LogP contribution in [0.5, 0.6) is 0 Å². The number of benzene rings is 1. The summed E-state index contributed by atoms with van der Waals surface area (Å²) in [5.41, 5.74) is 2.44. The average Bonchev–Trinajstić information content (AvgIpc) is 3.38. The summed E-state index contributed by atoms with van der Waals surface area (Å²) >= 11 is 0. The van der Waals surface area contributed by atoms with E-state index < -0.39 is 0 Å². The van der Waals surface area contributed by atoms with Crippen LogP contribution in [0.1, 0.15) is 31.2 Å². The minimum Gasteiger partial charge on any atom is -0.352 e. The Morgan fingerprint density at radius 1 is 1.14 bits per heavy atom. The van der Waals surface area contributed by atoms with Crippen LogP contribution in [0.15, 0.2) is 30.5 Å². The Bertz CT molecular complexity index is 668. The van der Waals surface area contributed by atoms with Crippen LogP contribution in [-0.2, 0) is 17.9 Å². The highest BCUT2D eigenvalue weighted by atomic mass is 16.2. The molecule has 0 bridgehead atoms. The van der Waals surface area contributed by atoms with Gasteiger partial charge in [0.2, 0.25) is 5.91 Å². The maximum atomic E-state index is 12.0. The van der Waals surface area contributed by atoms with Crippen LogP contribution in [0.4, 0.5) is 0 Å². The van der Waals surface area contributed by atoms with Gasteiger partial charge in [0.05, 0.1) is 0 Å². The third-order valence-electron chi connectivity index (χ3n) is 4.27. The van der Waals surface area contributed by atoms with Crippen LogP contribution in [0, 0.1) is 0 Å². The second-order valence-electron chi connectivity index (χ2n) is 6.33. The summed E-state index contributed by atoms with van der Waals surface area (Å²) in [6, 6.07) is 9.75. The highest BCUT2D eigenvalue weighted by molar-refractivity contribution is 5.84. The van der Waals surface area contributed by atoms with E-state index in [9.17, 15) is 4.79 Å². The molecule has 2 aliphatic rings. The van der Waals surface area contributed by atoms with Crippen LogP contribution in [0.3, 0.4) is 0 Å². The Morgan fingerprint density at radius 3 is 2.71 bits per heavy atom. The third-order valence-corrected chi connectivity index (χ3v) is 4.27. The zero-order valence-electron chi connectivity index (χ0n) is 12.1. The van der Waals surface area contributed by atoms with Gasteiger partial charge in [-0.25, -0.2) is 0 Å². The molecule has 4 rings (SSSR count). The number of nitrogens with one attached hydrogen (secondary N) is 2. The molecule has 0 radical (unpaired) electrons. The number of hydrogen-bond donors (Lipinski definition) is 2. The molecule has 0 unspecified atom stereocenters. The lowest BCUT2D eigenvalue weighted by Gasteiger charge is -2.08. The van der Waals surface area contributed by atoms with Crippen molar-refractivity contribution in [2.45, 2.75) is 50.9 Å². The van der Waals surface area contributed by atoms with Crippen molar-refractivity contribution >= 4 is 16.8 Å². The zero-order valence-corrected chi connectivity index (χ0v) is 12.1. The molecule has 21 heavy (non-hydrogen) atoms. The number of carbonyl (C=O) groups excluding carboxylic acids is 1. The Kier molecular flexibility index (Phi) is 3.19. The summed E-state index contributed by atoms with van der Waals surface area (Å²) < 4.78 is 2.05. The maximum absolute atomic E-state index is 12.0. The Hall–Kier alpha value is -1.81. The van der Waals surface area contributed by atoms with Crippen molar-refractivity contribution in [1.82, 2.24) is 15.2 Å². The summed E-state index contributed by atoms with van der Waals surface area (Å²) in [7, 11) is 0. The molecule has 2 aliphatic carbocycles. The molecule has 0 spiro atoms. The smallest absolute Gasteiger partial charge is 0.240 e. The van der Waals surface area contributed by atoms with Gasteiger partial charge < -0.3 is 15.2 Å². The number of aromatic nitrogens is 1. The normalized spacial score (nSPS) is 18.1. The number of fused-ring (bicyclic) bond motifs is 1. The Labute approximate surface area is 124 Å². The predicted molar refractivity (Wildman–Crippen MR) is 83.0 cm³/mol. The standard InChI is InChI=1S/C17H21N3O/c21-17(19-15-5-6-15)11-20-8-7-13-2-1-12(9-16(13)20)10-18-14-3-4-14/h1-2,7-9,14-15,18H,3-6,10-11H2,(H,19,21). The van der Waals surface area contributed by atoms with Crippen molar-refractivity contribution in [3.8, 4) is 0 Å². The molecule has 4 nitrogen and oxygen atoms in total. The van der Waals surface area contributed by atoms with Gasteiger partial charge in [0.1, 0.15) is 6.54 Å². The van der Waals surface area contributed by atoms with Crippen molar-refractivity contribution in [3.05, 3.63) is 36.0 Å². The molecule has 2 N–H and O–H groups in total. The first kappa shape index (κ1) is 12.9. The summed E-state index contributed by atoms with van der Waals surface area (Å²) in [6.45, 7) is 1.33. The van der Waals surface area contributed by atoms with E-state index in [1.165, 1.54) is 23.8 Å². The van der Waals surface area contributed by atoms with Crippen molar-refractivity contribution in [1.29, 1.82) is 0 Å². The molecule has 1 amide bonds. The van der Waals surface area contributed by atoms with Gasteiger partial charge in [-0.15, -0.1) is 0 Å². The van der Waals surface area contributed by atoms with E-state index in [2.05, 4.69) is 34.9 Å². The molecule has 0 atom stereocenters. The maximum Gasteiger partial charge on any atom is 0.240 e. The van der Waals surface area contributed by atoms with Crippen LogP contribution in [-0.4, -0.2) is 22.6 Å². The van der Waals surface area contributed by atoms with E-state index in [0.717, 1.165) is 30.9 Å². The van der Waals surface area contributed by atoms with Gasteiger partial charge in [-0.1, -0.05) is 12.1 Å². The van der Waals surface area contributed by atoms with Crippen LogP contribution in [0.2, 0.25) is 0 Å². The second kappa shape index (κ2) is 5.19. The minimum atomic E-state index is 0.122. The lowest BCUT2D eigenvalue weighted by atomic mass is 10.1. The van der Waals surface area contributed by atoms with Gasteiger partial charge in [-0.2, -0.15) is 0 Å². The van der Waals surface area contributed by atoms with E-state index in [4.69, 9.17) is 0 Å². The Morgan fingerprint density at radius 2 is 1.95 bits per heavy atom. The lowest BCUT2D eigenvalue weighted by molar-refractivity contribution is -0.121. The van der Waals surface area contributed by atoms with Crippen LogP contribution in [0.25, 0.3) is 10.9 Å². The molecule has 0 aliphatic heterocycles. The van der Waals surface area contributed by atoms with Gasteiger partial charge in [-0.05, 0) is 48.8 Å². The van der Waals surface area contributed by atoms with Gasteiger partial charge in [0.15, 0.2) is 0 Å². The lowest BCUT2D eigenvalue weighted by Crippen LogP contribution is -2.29. The molecule has 0 saturated heterocycles. The predicted octanol–water partition coefficient (Wildman–Crippen LogP) is 2.17. The third kappa shape index (κ3) is 3.10. The second-order valence-corrected chi connectivity index (χ2v) is 6.33. The zero-order chi connectivity index (χ0) is 14.2. The highest BCUT2D eigenvalue weighted by Gasteiger charge is 2.23. The number of hydrogen-bond acceptors (Lipinski definition) is 2. The number of amides is 1. The molecule has 4 heteroatoms. The van der Waals surface area contributed by atoms with Crippen molar-refractivity contribution in [3.63, 3.8) is 0 Å². The SMILES string of the molecule is O=C(Cn1ccc2ccc(CNC3CC3)cc21)NC1CC1. The molecular weight excluding hydrogens is 262 g/mol.